The Morgan fingerprint density at radius 1 is 0.548 bits per heavy atom. The van der Waals surface area contributed by atoms with E-state index in [0.29, 0.717) is 0 Å². The summed E-state index contributed by atoms with van der Waals surface area (Å²) < 4.78 is 13.6. The van der Waals surface area contributed by atoms with Gasteiger partial charge in [-0.05, 0) is 63.4 Å². The third-order valence-corrected chi connectivity index (χ3v) is 9.00. The van der Waals surface area contributed by atoms with Gasteiger partial charge in [0.15, 0.2) is 0 Å². The molecule has 7 aromatic carbocycles. The smallest absolute Gasteiger partial charge is 0.431 e. The molecule has 1 aromatic heterocycles. The predicted molar refractivity (Wildman–Crippen MR) is 175 cm³/mol. The summed E-state index contributed by atoms with van der Waals surface area (Å²) in [5.41, 5.74) is 9.69. The minimum absolute atomic E-state index is 0.265. The second-order valence-electron chi connectivity index (χ2n) is 11.3. The molecule has 0 saturated heterocycles. The molecular formula is C38H22BNO2. The average Bonchev–Trinajstić information content (AvgIpc) is 3.42. The van der Waals surface area contributed by atoms with Crippen LogP contribution in [0.2, 0.25) is 0 Å². The standard InChI is InChI=1S/C38H22BNO2/c1-2-10-24-19-27(18-17-23(24)9-1)40-32-21-26-12-4-3-11-25(26)20-31(32)39-37-33(40)22-30-28-13-5-7-15-34(28)41-38(30)36(37)29-14-6-8-16-35(29)42-39/h1-22H. The van der Waals surface area contributed by atoms with Gasteiger partial charge in [0, 0.05) is 44.4 Å². The van der Waals surface area contributed by atoms with E-state index in [1.54, 1.807) is 0 Å². The van der Waals surface area contributed by atoms with Crippen molar-refractivity contribution >= 4 is 78.4 Å². The lowest BCUT2D eigenvalue weighted by Gasteiger charge is -2.40. The summed E-state index contributed by atoms with van der Waals surface area (Å²) in [6, 6.07) is 47.6. The van der Waals surface area contributed by atoms with Crippen LogP contribution in [0.4, 0.5) is 17.1 Å². The first-order valence-electron chi connectivity index (χ1n) is 14.4. The van der Waals surface area contributed by atoms with Crippen LogP contribution < -0.4 is 20.5 Å². The lowest BCUT2D eigenvalue weighted by Crippen LogP contribution is -2.56. The van der Waals surface area contributed by atoms with Gasteiger partial charge in [0.2, 0.25) is 0 Å². The molecule has 3 heterocycles. The van der Waals surface area contributed by atoms with Crippen molar-refractivity contribution in [1.29, 1.82) is 0 Å². The highest BCUT2D eigenvalue weighted by molar-refractivity contribution is 6.86. The summed E-state index contributed by atoms with van der Waals surface area (Å²) in [6.07, 6.45) is 0. The van der Waals surface area contributed by atoms with Gasteiger partial charge < -0.3 is 14.0 Å². The monoisotopic (exact) mass is 535 g/mol. The van der Waals surface area contributed by atoms with E-state index in [0.717, 1.165) is 66.8 Å². The number of anilines is 3. The number of furan rings is 1. The third kappa shape index (κ3) is 2.91. The lowest BCUT2D eigenvalue weighted by molar-refractivity contribution is 0.589. The topological polar surface area (TPSA) is 25.6 Å². The fourth-order valence-corrected chi connectivity index (χ4v) is 7.13. The first kappa shape index (κ1) is 22.2. The molecule has 42 heavy (non-hydrogen) atoms. The van der Waals surface area contributed by atoms with Gasteiger partial charge in [-0.2, -0.15) is 0 Å². The molecule has 8 aromatic rings. The summed E-state index contributed by atoms with van der Waals surface area (Å²) in [6.45, 7) is -0.265. The number of hydrogen-bond donors (Lipinski definition) is 0. The third-order valence-electron chi connectivity index (χ3n) is 9.00. The molecule has 3 nitrogen and oxygen atoms in total. The number of benzene rings is 7. The van der Waals surface area contributed by atoms with Gasteiger partial charge in [0.25, 0.3) is 0 Å². The first-order chi connectivity index (χ1) is 20.8. The van der Waals surface area contributed by atoms with Crippen LogP contribution in [-0.2, 0) is 0 Å². The van der Waals surface area contributed by atoms with Crippen LogP contribution in [0.25, 0.3) is 54.6 Å². The Kier molecular flexibility index (Phi) is 4.26. The number of hydrogen-bond acceptors (Lipinski definition) is 3. The summed E-state index contributed by atoms with van der Waals surface area (Å²) in [5.74, 6) is 0.882. The maximum atomic E-state index is 6.92. The van der Waals surface area contributed by atoms with E-state index in [1.807, 2.05) is 6.07 Å². The highest BCUT2D eigenvalue weighted by Crippen LogP contribution is 2.48. The van der Waals surface area contributed by atoms with Crippen molar-refractivity contribution in [3.8, 4) is 16.9 Å². The number of para-hydroxylation sites is 2. The highest BCUT2D eigenvalue weighted by atomic mass is 16.4. The van der Waals surface area contributed by atoms with Crippen molar-refractivity contribution in [1.82, 2.24) is 0 Å². The fourth-order valence-electron chi connectivity index (χ4n) is 7.13. The zero-order valence-corrected chi connectivity index (χ0v) is 22.5. The van der Waals surface area contributed by atoms with Gasteiger partial charge >= 0.3 is 6.92 Å². The second-order valence-corrected chi connectivity index (χ2v) is 11.3. The predicted octanol–water partition coefficient (Wildman–Crippen LogP) is 8.84. The Morgan fingerprint density at radius 3 is 2.14 bits per heavy atom. The number of rotatable bonds is 1. The van der Waals surface area contributed by atoms with Crippen LogP contribution >= 0.6 is 0 Å². The molecule has 194 valence electrons. The van der Waals surface area contributed by atoms with Gasteiger partial charge in [-0.15, -0.1) is 0 Å². The molecule has 0 radical (unpaired) electrons. The summed E-state index contributed by atoms with van der Waals surface area (Å²) in [7, 11) is 0. The zero-order valence-electron chi connectivity index (χ0n) is 22.5. The van der Waals surface area contributed by atoms with Gasteiger partial charge in [-0.25, -0.2) is 0 Å². The quantitative estimate of drug-likeness (QED) is 0.197. The summed E-state index contributed by atoms with van der Waals surface area (Å²) in [5, 5.41) is 7.08. The Balaban J connectivity index is 1.39. The molecule has 0 spiro atoms. The van der Waals surface area contributed by atoms with Gasteiger partial charge in [0.1, 0.15) is 16.9 Å². The van der Waals surface area contributed by atoms with Gasteiger partial charge in [0.05, 0.1) is 0 Å². The largest absolute Gasteiger partial charge is 0.551 e. The lowest BCUT2D eigenvalue weighted by atomic mass is 9.49. The maximum Gasteiger partial charge on any atom is 0.431 e. The van der Waals surface area contributed by atoms with Crippen molar-refractivity contribution in [2.45, 2.75) is 0 Å². The molecule has 0 aliphatic carbocycles. The fraction of sp³-hybridized carbons (Fsp3) is 0. The van der Waals surface area contributed by atoms with Crippen LogP contribution in [-0.4, -0.2) is 6.92 Å². The summed E-state index contributed by atoms with van der Waals surface area (Å²) in [4.78, 5) is 2.43. The Labute approximate surface area is 242 Å². The molecule has 2 aliphatic rings. The molecule has 0 saturated carbocycles. The zero-order chi connectivity index (χ0) is 27.4. The van der Waals surface area contributed by atoms with E-state index in [9.17, 15) is 0 Å². The molecule has 0 unspecified atom stereocenters. The second kappa shape index (κ2) is 8.05. The van der Waals surface area contributed by atoms with Crippen LogP contribution in [0.15, 0.2) is 138 Å². The SMILES string of the molecule is c1ccc2c(c1)OB1c3cc4ccccc4cc3N(c3ccc4ccccc4c3)c3cc4c(oc5ccccc54)c-2c31. The number of fused-ring (bicyclic) bond motifs is 10. The van der Waals surface area contributed by atoms with E-state index < -0.39 is 0 Å². The Hall–Kier alpha value is -5.48. The Morgan fingerprint density at radius 2 is 1.26 bits per heavy atom. The van der Waals surface area contributed by atoms with E-state index in [-0.39, 0.29) is 6.92 Å². The first-order valence-corrected chi connectivity index (χ1v) is 14.4. The van der Waals surface area contributed by atoms with Crippen LogP contribution in [0.1, 0.15) is 0 Å². The molecule has 0 amide bonds. The molecule has 10 rings (SSSR count). The normalized spacial score (nSPS) is 13.3. The van der Waals surface area contributed by atoms with E-state index in [4.69, 9.17) is 9.07 Å². The van der Waals surface area contributed by atoms with Crippen molar-refractivity contribution in [3.05, 3.63) is 133 Å². The highest BCUT2D eigenvalue weighted by Gasteiger charge is 2.44. The van der Waals surface area contributed by atoms with Crippen LogP contribution in [0.5, 0.6) is 5.75 Å². The Bertz CT molecular complexity index is 2420. The van der Waals surface area contributed by atoms with Crippen molar-refractivity contribution in [2.24, 2.45) is 0 Å². The van der Waals surface area contributed by atoms with Crippen LogP contribution in [0, 0.1) is 0 Å². The molecule has 0 fully saturated rings. The molecule has 0 bridgehead atoms. The average molecular weight is 535 g/mol. The van der Waals surface area contributed by atoms with Crippen molar-refractivity contribution in [2.75, 3.05) is 4.90 Å². The van der Waals surface area contributed by atoms with Gasteiger partial charge in [-0.3, -0.25) is 0 Å². The number of nitrogens with zero attached hydrogens (tertiary/aromatic N) is 1. The minimum Gasteiger partial charge on any atom is -0.551 e. The summed E-state index contributed by atoms with van der Waals surface area (Å²) >= 11 is 0. The van der Waals surface area contributed by atoms with E-state index in [1.165, 1.54) is 21.5 Å². The van der Waals surface area contributed by atoms with Gasteiger partial charge in [-0.1, -0.05) is 97.1 Å². The van der Waals surface area contributed by atoms with Crippen molar-refractivity contribution in [3.63, 3.8) is 0 Å². The van der Waals surface area contributed by atoms with Crippen molar-refractivity contribution < 1.29 is 9.07 Å². The molecule has 0 N–H and O–H groups in total. The molecule has 4 heteroatoms. The van der Waals surface area contributed by atoms with Crippen LogP contribution in [0.3, 0.4) is 0 Å². The van der Waals surface area contributed by atoms with E-state index >= 15 is 0 Å². The molecular weight excluding hydrogens is 513 g/mol. The van der Waals surface area contributed by atoms with E-state index in [2.05, 4.69) is 132 Å². The minimum atomic E-state index is -0.265. The molecule has 2 aliphatic heterocycles. The maximum absolute atomic E-state index is 6.92. The molecule has 0 atom stereocenters.